The Morgan fingerprint density at radius 1 is 1.12 bits per heavy atom. The molecule has 0 radical (unpaired) electrons. The number of thiophene rings is 1. The van der Waals surface area contributed by atoms with Gasteiger partial charge >= 0.3 is 0 Å². The van der Waals surface area contributed by atoms with Gasteiger partial charge in [0.05, 0.1) is 31.0 Å². The van der Waals surface area contributed by atoms with E-state index in [1.54, 1.807) is 29.4 Å². The van der Waals surface area contributed by atoms with E-state index in [1.807, 2.05) is 49.4 Å². The van der Waals surface area contributed by atoms with Gasteiger partial charge in [0, 0.05) is 26.6 Å². The van der Waals surface area contributed by atoms with E-state index in [9.17, 15) is 9.59 Å². The minimum Gasteiger partial charge on any atom is -0.494 e. The van der Waals surface area contributed by atoms with E-state index in [-0.39, 0.29) is 24.6 Å². The third kappa shape index (κ3) is 4.32. The molecule has 0 unspecified atom stereocenters. The average Bonchev–Trinajstić information content (AvgIpc) is 3.47. The Hall–Kier alpha value is -3.55. The molecule has 1 amide bonds. The number of hydrogen-bond donors (Lipinski definition) is 1. The molecule has 3 aromatic heterocycles. The molecule has 0 aliphatic rings. The molecule has 0 saturated carbocycles. The number of ether oxygens (including phenoxy) is 1. The molecule has 2 aromatic carbocycles. The second-order valence-electron chi connectivity index (χ2n) is 7.79. The van der Waals surface area contributed by atoms with E-state index in [0.717, 1.165) is 15.5 Å². The second kappa shape index (κ2) is 9.37. The molecule has 3 heterocycles. The van der Waals surface area contributed by atoms with Crippen molar-refractivity contribution in [2.24, 2.45) is 0 Å². The predicted molar refractivity (Wildman–Crippen MR) is 135 cm³/mol. The summed E-state index contributed by atoms with van der Waals surface area (Å²) in [6, 6.07) is 18.5. The van der Waals surface area contributed by atoms with E-state index in [2.05, 4.69) is 4.98 Å². The van der Waals surface area contributed by atoms with Gasteiger partial charge in [0.15, 0.2) is 0 Å². The third-order valence-corrected chi connectivity index (χ3v) is 7.17. The van der Waals surface area contributed by atoms with E-state index < -0.39 is 0 Å². The van der Waals surface area contributed by atoms with Crippen molar-refractivity contribution in [1.29, 1.82) is 0 Å². The lowest BCUT2D eigenvalue weighted by molar-refractivity contribution is 0.0722. The Bertz CT molecular complexity index is 1540. The number of benzene rings is 2. The molecule has 6 nitrogen and oxygen atoms in total. The summed E-state index contributed by atoms with van der Waals surface area (Å²) in [6.07, 6.45) is 1.56. The standard InChI is InChI=1S/C26H21ClN2O4S/c1-2-32-18-9-10-21-16(13-18)12-17(25(30)28-21)14-29(15-19-6-5-11-33-19)26(31)24-23(27)20-7-3-4-8-22(20)34-24/h3-13H,2,14-15H2,1H3,(H,28,30). The molecule has 0 spiro atoms. The van der Waals surface area contributed by atoms with Crippen LogP contribution in [-0.2, 0) is 13.1 Å². The van der Waals surface area contributed by atoms with E-state index in [4.69, 9.17) is 20.8 Å². The van der Waals surface area contributed by atoms with Crippen LogP contribution in [0.1, 0.15) is 27.9 Å². The minimum atomic E-state index is -0.259. The number of nitrogens with one attached hydrogen (secondary N) is 1. The van der Waals surface area contributed by atoms with Crippen LogP contribution in [0.3, 0.4) is 0 Å². The lowest BCUT2D eigenvalue weighted by atomic mass is 10.1. The Labute approximate surface area is 204 Å². The van der Waals surface area contributed by atoms with Gasteiger partial charge in [-0.3, -0.25) is 9.59 Å². The van der Waals surface area contributed by atoms with Crippen LogP contribution in [-0.4, -0.2) is 22.4 Å². The summed E-state index contributed by atoms with van der Waals surface area (Å²) in [4.78, 5) is 31.5. The lowest BCUT2D eigenvalue weighted by Crippen LogP contribution is -2.32. The van der Waals surface area contributed by atoms with E-state index in [1.165, 1.54) is 11.3 Å². The summed E-state index contributed by atoms with van der Waals surface area (Å²) < 4.78 is 12.0. The number of amides is 1. The van der Waals surface area contributed by atoms with Gasteiger partial charge < -0.3 is 19.0 Å². The molecule has 0 fully saturated rings. The first kappa shape index (κ1) is 22.3. The number of H-pyrrole nitrogens is 1. The Kier molecular flexibility index (Phi) is 6.13. The number of furan rings is 1. The molecule has 34 heavy (non-hydrogen) atoms. The molecule has 5 rings (SSSR count). The second-order valence-corrected chi connectivity index (χ2v) is 9.22. The predicted octanol–water partition coefficient (Wildman–Crippen LogP) is 6.23. The monoisotopic (exact) mass is 492 g/mol. The van der Waals surface area contributed by atoms with Crippen LogP contribution in [0.15, 0.2) is 76.1 Å². The summed E-state index contributed by atoms with van der Waals surface area (Å²) in [5.41, 5.74) is 0.906. The fraction of sp³-hybridized carbons (Fsp3) is 0.154. The molecule has 0 bridgehead atoms. The highest BCUT2D eigenvalue weighted by molar-refractivity contribution is 7.21. The van der Waals surface area contributed by atoms with E-state index in [0.29, 0.717) is 39.1 Å². The normalized spacial score (nSPS) is 11.2. The molecule has 0 aliphatic heterocycles. The summed E-state index contributed by atoms with van der Waals surface area (Å²) in [7, 11) is 0. The van der Waals surface area contributed by atoms with Gasteiger partial charge in [-0.2, -0.15) is 0 Å². The van der Waals surface area contributed by atoms with Crippen molar-refractivity contribution in [2.75, 3.05) is 6.61 Å². The molecule has 8 heteroatoms. The first-order valence-corrected chi connectivity index (χ1v) is 12.0. The van der Waals surface area contributed by atoms with Gasteiger partial charge in [-0.15, -0.1) is 11.3 Å². The van der Waals surface area contributed by atoms with Gasteiger partial charge in [0.1, 0.15) is 16.4 Å². The van der Waals surface area contributed by atoms with Crippen LogP contribution in [0.4, 0.5) is 0 Å². The van der Waals surface area contributed by atoms with Crippen molar-refractivity contribution in [3.05, 3.63) is 98.5 Å². The maximum atomic E-state index is 13.7. The molecular weight excluding hydrogens is 472 g/mol. The Morgan fingerprint density at radius 3 is 2.74 bits per heavy atom. The highest BCUT2D eigenvalue weighted by Gasteiger charge is 2.24. The van der Waals surface area contributed by atoms with Crippen molar-refractivity contribution in [3.63, 3.8) is 0 Å². The van der Waals surface area contributed by atoms with Gasteiger partial charge in [-0.25, -0.2) is 0 Å². The SMILES string of the molecule is CCOc1ccc2[nH]c(=O)c(CN(Cc3ccco3)C(=O)c3sc4ccccc4c3Cl)cc2c1. The maximum absolute atomic E-state index is 13.7. The van der Waals surface area contributed by atoms with Gasteiger partial charge in [0.25, 0.3) is 11.5 Å². The summed E-state index contributed by atoms with van der Waals surface area (Å²) in [6.45, 7) is 2.75. The number of carbonyl (C=O) groups excluding carboxylic acids is 1. The quantitative estimate of drug-likeness (QED) is 0.292. The zero-order valence-electron chi connectivity index (χ0n) is 18.3. The first-order valence-electron chi connectivity index (χ1n) is 10.8. The number of fused-ring (bicyclic) bond motifs is 2. The van der Waals surface area contributed by atoms with Crippen LogP contribution < -0.4 is 10.3 Å². The van der Waals surface area contributed by atoms with Crippen molar-refractivity contribution in [2.45, 2.75) is 20.0 Å². The van der Waals surface area contributed by atoms with Crippen molar-refractivity contribution >= 4 is 49.8 Å². The highest BCUT2D eigenvalue weighted by atomic mass is 35.5. The first-order chi connectivity index (χ1) is 16.5. The van der Waals surface area contributed by atoms with Crippen LogP contribution in [0, 0.1) is 0 Å². The number of nitrogens with zero attached hydrogens (tertiary/aromatic N) is 1. The number of carbonyl (C=O) groups is 1. The summed E-state index contributed by atoms with van der Waals surface area (Å²) in [5, 5.41) is 2.08. The average molecular weight is 493 g/mol. The zero-order valence-corrected chi connectivity index (χ0v) is 19.9. The summed E-state index contributed by atoms with van der Waals surface area (Å²) >= 11 is 7.94. The lowest BCUT2D eigenvalue weighted by Gasteiger charge is -2.21. The van der Waals surface area contributed by atoms with Crippen LogP contribution in [0.5, 0.6) is 5.75 Å². The molecule has 1 N–H and O–H groups in total. The van der Waals surface area contributed by atoms with Crippen LogP contribution >= 0.6 is 22.9 Å². The number of rotatable bonds is 7. The molecule has 5 aromatic rings. The molecule has 0 atom stereocenters. The molecule has 172 valence electrons. The van der Waals surface area contributed by atoms with Gasteiger partial charge in [0.2, 0.25) is 0 Å². The number of aromatic amines is 1. The number of hydrogen-bond acceptors (Lipinski definition) is 5. The van der Waals surface area contributed by atoms with E-state index >= 15 is 0 Å². The van der Waals surface area contributed by atoms with Crippen molar-refractivity contribution in [3.8, 4) is 5.75 Å². The smallest absolute Gasteiger partial charge is 0.266 e. The zero-order chi connectivity index (χ0) is 23.7. The van der Waals surface area contributed by atoms with Gasteiger partial charge in [-0.05, 0) is 49.4 Å². The molecule has 0 saturated heterocycles. The highest BCUT2D eigenvalue weighted by Crippen LogP contribution is 2.36. The van der Waals surface area contributed by atoms with Crippen LogP contribution in [0.2, 0.25) is 5.02 Å². The van der Waals surface area contributed by atoms with Gasteiger partial charge in [-0.1, -0.05) is 29.8 Å². The number of pyridine rings is 1. The number of aromatic nitrogens is 1. The van der Waals surface area contributed by atoms with Crippen molar-refractivity contribution < 1.29 is 13.9 Å². The number of halogens is 1. The third-order valence-electron chi connectivity index (χ3n) is 5.51. The topological polar surface area (TPSA) is 75.5 Å². The maximum Gasteiger partial charge on any atom is 0.266 e. The molecule has 0 aliphatic carbocycles. The fourth-order valence-electron chi connectivity index (χ4n) is 3.89. The molecular formula is C26H21ClN2O4S. The summed E-state index contributed by atoms with van der Waals surface area (Å²) in [5.74, 6) is 1.07. The largest absolute Gasteiger partial charge is 0.494 e. The minimum absolute atomic E-state index is 0.0915. The fourth-order valence-corrected chi connectivity index (χ4v) is 5.37. The Morgan fingerprint density at radius 2 is 1.97 bits per heavy atom. The van der Waals surface area contributed by atoms with Crippen molar-refractivity contribution in [1.82, 2.24) is 9.88 Å². The Balaban J connectivity index is 1.54. The van der Waals surface area contributed by atoms with Crippen LogP contribution in [0.25, 0.3) is 21.0 Å².